The summed E-state index contributed by atoms with van der Waals surface area (Å²) < 4.78 is 13.1. The maximum Gasteiger partial charge on any atom is 0.242 e. The third kappa shape index (κ3) is 3.52. The molecule has 2 heterocycles. The molecule has 3 rings (SSSR count). The number of rotatable bonds is 3. The second-order valence-electron chi connectivity index (χ2n) is 6.28. The molecule has 0 unspecified atom stereocenters. The van der Waals surface area contributed by atoms with E-state index in [0.717, 1.165) is 18.4 Å². The van der Waals surface area contributed by atoms with Gasteiger partial charge >= 0.3 is 0 Å². The minimum absolute atomic E-state index is 0.0164. The highest BCUT2D eigenvalue weighted by Gasteiger charge is 2.36. The van der Waals surface area contributed by atoms with Crippen LogP contribution in [0.1, 0.15) is 37.3 Å². The summed E-state index contributed by atoms with van der Waals surface area (Å²) in [6.45, 7) is 0.925. The van der Waals surface area contributed by atoms with E-state index in [4.69, 9.17) is 0 Å². The average molecular weight is 320 g/mol. The van der Waals surface area contributed by atoms with Crippen molar-refractivity contribution in [2.45, 2.75) is 37.8 Å². The molecule has 2 saturated heterocycles. The molecule has 2 fully saturated rings. The van der Waals surface area contributed by atoms with Gasteiger partial charge in [-0.25, -0.2) is 4.39 Å². The Kier molecular flexibility index (Phi) is 4.61. The number of carbonyl (C=O) groups excluding carboxylic acids is 2. The first-order valence-electron chi connectivity index (χ1n) is 8.05. The van der Waals surface area contributed by atoms with Crippen LogP contribution in [-0.4, -0.2) is 52.5 Å². The van der Waals surface area contributed by atoms with Gasteiger partial charge in [-0.3, -0.25) is 9.59 Å². The Morgan fingerprint density at radius 3 is 2.70 bits per heavy atom. The molecule has 1 aromatic rings. The van der Waals surface area contributed by atoms with Crippen LogP contribution in [0.3, 0.4) is 0 Å². The third-order valence-corrected chi connectivity index (χ3v) is 4.60. The summed E-state index contributed by atoms with van der Waals surface area (Å²) in [5.74, 6) is -0.474. The monoisotopic (exact) mass is 320 g/mol. The van der Waals surface area contributed by atoms with Crippen molar-refractivity contribution in [3.8, 4) is 0 Å². The highest BCUT2D eigenvalue weighted by Crippen LogP contribution is 2.32. The van der Waals surface area contributed by atoms with Crippen LogP contribution in [0.4, 0.5) is 4.39 Å². The van der Waals surface area contributed by atoms with Gasteiger partial charge in [-0.2, -0.15) is 0 Å². The predicted octanol–water partition coefficient (Wildman–Crippen LogP) is 1.47. The Balaban J connectivity index is 1.72. The van der Waals surface area contributed by atoms with Gasteiger partial charge in [-0.1, -0.05) is 12.1 Å². The van der Waals surface area contributed by atoms with Crippen molar-refractivity contribution in [1.82, 2.24) is 9.80 Å². The Morgan fingerprint density at radius 2 is 2.00 bits per heavy atom. The highest BCUT2D eigenvalue weighted by atomic mass is 19.1. The number of β-amino-alcohol motifs (C(OH)–C–C–N with tert-alkyl or cyclic N) is 1. The lowest BCUT2D eigenvalue weighted by molar-refractivity contribution is -0.142. The number of benzene rings is 1. The van der Waals surface area contributed by atoms with Crippen LogP contribution in [0.15, 0.2) is 24.3 Å². The summed E-state index contributed by atoms with van der Waals surface area (Å²) in [5, 5.41) is 9.94. The van der Waals surface area contributed by atoms with E-state index in [0.29, 0.717) is 19.4 Å². The molecule has 2 aliphatic rings. The van der Waals surface area contributed by atoms with Crippen LogP contribution in [0.25, 0.3) is 0 Å². The number of carbonyl (C=O) groups is 2. The predicted molar refractivity (Wildman–Crippen MR) is 81.9 cm³/mol. The molecule has 2 amide bonds. The van der Waals surface area contributed by atoms with Crippen LogP contribution < -0.4 is 0 Å². The van der Waals surface area contributed by atoms with Crippen molar-refractivity contribution in [2.24, 2.45) is 0 Å². The molecule has 1 N–H and O–H groups in total. The quantitative estimate of drug-likeness (QED) is 0.917. The second-order valence-corrected chi connectivity index (χ2v) is 6.28. The van der Waals surface area contributed by atoms with Crippen molar-refractivity contribution < 1.29 is 19.1 Å². The summed E-state index contributed by atoms with van der Waals surface area (Å²) in [6.07, 6.45) is 2.14. The van der Waals surface area contributed by atoms with E-state index in [1.807, 2.05) is 0 Å². The van der Waals surface area contributed by atoms with Gasteiger partial charge in [-0.15, -0.1) is 0 Å². The number of piperidine rings is 1. The molecular formula is C17H21FN2O3. The number of halogens is 1. The van der Waals surface area contributed by atoms with Gasteiger partial charge in [0.05, 0.1) is 18.7 Å². The fourth-order valence-electron chi connectivity index (χ4n) is 3.37. The number of nitrogens with zero attached hydrogens (tertiary/aromatic N) is 2. The molecule has 6 heteroatoms. The number of amides is 2. The Bertz CT molecular complexity index is 590. The number of hydrogen-bond donors (Lipinski definition) is 1. The molecule has 0 aromatic heterocycles. The summed E-state index contributed by atoms with van der Waals surface area (Å²) in [5.41, 5.74) is 0.807. The highest BCUT2D eigenvalue weighted by molar-refractivity contribution is 5.85. The molecule has 2 atom stereocenters. The zero-order valence-electron chi connectivity index (χ0n) is 12.9. The van der Waals surface area contributed by atoms with Gasteiger partial charge in [0.25, 0.3) is 0 Å². The topological polar surface area (TPSA) is 60.9 Å². The summed E-state index contributed by atoms with van der Waals surface area (Å²) >= 11 is 0. The zero-order valence-corrected chi connectivity index (χ0v) is 12.9. The summed E-state index contributed by atoms with van der Waals surface area (Å²) in [6, 6.07) is 5.74. The van der Waals surface area contributed by atoms with Gasteiger partial charge < -0.3 is 14.9 Å². The Labute approximate surface area is 134 Å². The average Bonchev–Trinajstić information content (AvgIpc) is 2.92. The maximum atomic E-state index is 13.1. The van der Waals surface area contributed by atoms with Crippen LogP contribution >= 0.6 is 0 Å². The molecule has 5 nitrogen and oxygen atoms in total. The Hall–Kier alpha value is -1.95. The van der Waals surface area contributed by atoms with Crippen molar-refractivity contribution in [2.75, 3.05) is 19.6 Å². The van der Waals surface area contributed by atoms with E-state index in [9.17, 15) is 19.1 Å². The third-order valence-electron chi connectivity index (χ3n) is 4.60. The van der Waals surface area contributed by atoms with E-state index in [1.165, 1.54) is 12.1 Å². The molecule has 0 bridgehead atoms. The van der Waals surface area contributed by atoms with Gasteiger partial charge in [0, 0.05) is 19.5 Å². The first-order valence-corrected chi connectivity index (χ1v) is 8.05. The van der Waals surface area contributed by atoms with E-state index in [-0.39, 0.29) is 36.8 Å². The van der Waals surface area contributed by atoms with Gasteiger partial charge in [0.2, 0.25) is 11.8 Å². The summed E-state index contributed by atoms with van der Waals surface area (Å²) in [7, 11) is 0. The van der Waals surface area contributed by atoms with Crippen LogP contribution in [0, 0.1) is 5.82 Å². The fraction of sp³-hybridized carbons (Fsp3) is 0.529. The van der Waals surface area contributed by atoms with Gasteiger partial charge in [0.15, 0.2) is 0 Å². The minimum Gasteiger partial charge on any atom is -0.391 e. The number of likely N-dealkylation sites (tertiary alicyclic amines) is 2. The maximum absolute atomic E-state index is 13.1. The van der Waals surface area contributed by atoms with E-state index in [2.05, 4.69) is 0 Å². The summed E-state index contributed by atoms with van der Waals surface area (Å²) in [4.78, 5) is 27.7. The molecule has 0 aliphatic carbocycles. The molecule has 0 radical (unpaired) electrons. The first kappa shape index (κ1) is 15.9. The van der Waals surface area contributed by atoms with E-state index < -0.39 is 6.10 Å². The largest absolute Gasteiger partial charge is 0.391 e. The number of aliphatic hydroxyl groups is 1. The van der Waals surface area contributed by atoms with Crippen molar-refractivity contribution in [3.63, 3.8) is 0 Å². The standard InChI is InChI=1S/C17H21FN2O3/c18-13-6-4-12(5-7-13)15-9-14(21)10-20(15)17(23)11-19-8-2-1-3-16(19)22/h4-7,14-15,21H,1-3,8-11H2/t14-,15+/m0/s1. The molecule has 124 valence electrons. The van der Waals surface area contributed by atoms with Crippen LogP contribution in [0.5, 0.6) is 0 Å². The fourth-order valence-corrected chi connectivity index (χ4v) is 3.37. The molecule has 0 saturated carbocycles. The lowest BCUT2D eigenvalue weighted by Crippen LogP contribution is -2.44. The van der Waals surface area contributed by atoms with E-state index >= 15 is 0 Å². The number of hydrogen-bond acceptors (Lipinski definition) is 3. The van der Waals surface area contributed by atoms with Crippen molar-refractivity contribution in [1.29, 1.82) is 0 Å². The molecular weight excluding hydrogens is 299 g/mol. The van der Waals surface area contributed by atoms with Crippen LogP contribution in [0.2, 0.25) is 0 Å². The van der Waals surface area contributed by atoms with Gasteiger partial charge in [0.1, 0.15) is 5.82 Å². The Morgan fingerprint density at radius 1 is 1.26 bits per heavy atom. The lowest BCUT2D eigenvalue weighted by atomic mass is 10.0. The van der Waals surface area contributed by atoms with Crippen molar-refractivity contribution >= 4 is 11.8 Å². The normalized spacial score (nSPS) is 25.0. The zero-order chi connectivity index (χ0) is 16.4. The SMILES string of the molecule is O=C1CCCCN1CC(=O)N1C[C@@H](O)C[C@@H]1c1ccc(F)cc1. The second kappa shape index (κ2) is 6.66. The smallest absolute Gasteiger partial charge is 0.242 e. The molecule has 2 aliphatic heterocycles. The molecule has 0 spiro atoms. The first-order chi connectivity index (χ1) is 11.0. The lowest BCUT2D eigenvalue weighted by Gasteiger charge is -2.30. The molecule has 23 heavy (non-hydrogen) atoms. The van der Waals surface area contributed by atoms with Crippen molar-refractivity contribution in [3.05, 3.63) is 35.6 Å². The number of aliphatic hydroxyl groups excluding tert-OH is 1. The minimum atomic E-state index is -0.592. The van der Waals surface area contributed by atoms with Crippen LogP contribution in [-0.2, 0) is 9.59 Å². The van der Waals surface area contributed by atoms with Gasteiger partial charge in [-0.05, 0) is 37.0 Å². The molecule has 1 aromatic carbocycles. The van der Waals surface area contributed by atoms with E-state index in [1.54, 1.807) is 21.9 Å².